The molecule has 1 aromatic heterocycles. The molecule has 0 saturated carbocycles. The van der Waals surface area contributed by atoms with Crippen LogP contribution in [0.15, 0.2) is 12.1 Å². The van der Waals surface area contributed by atoms with E-state index in [1.807, 2.05) is 11.8 Å². The zero-order valence-electron chi connectivity index (χ0n) is 10.2. The topological polar surface area (TPSA) is 94.5 Å². The molecule has 0 aromatic carbocycles. The summed E-state index contributed by atoms with van der Waals surface area (Å²) in [7, 11) is 0. The third kappa shape index (κ3) is 2.67. The highest BCUT2D eigenvalue weighted by Gasteiger charge is 2.22. The predicted octanol–water partition coefficient (Wildman–Crippen LogP) is 1.19. The number of rotatable bonds is 3. The molecule has 1 unspecified atom stereocenters. The second-order valence-electron chi connectivity index (χ2n) is 4.21. The molecule has 18 heavy (non-hydrogen) atoms. The van der Waals surface area contributed by atoms with E-state index in [0.717, 1.165) is 6.42 Å². The second-order valence-corrected chi connectivity index (χ2v) is 4.21. The maximum absolute atomic E-state index is 10.8. The second kappa shape index (κ2) is 5.18. The van der Waals surface area contributed by atoms with E-state index >= 15 is 0 Å². The molecular weight excluding hydrogens is 236 g/mol. The fraction of sp³-hybridized carbons (Fsp3) is 0.545. The number of hydrogen-bond acceptors (Lipinski definition) is 6. The van der Waals surface area contributed by atoms with Crippen molar-refractivity contribution in [3.63, 3.8) is 0 Å². The summed E-state index contributed by atoms with van der Waals surface area (Å²) in [5.41, 5.74) is 5.57. The molecule has 0 bridgehead atoms. The van der Waals surface area contributed by atoms with Crippen molar-refractivity contribution in [1.29, 1.82) is 0 Å². The Hall–Kier alpha value is -1.89. The van der Waals surface area contributed by atoms with Gasteiger partial charge in [0.2, 0.25) is 0 Å². The summed E-state index contributed by atoms with van der Waals surface area (Å²) in [6.45, 7) is 4.00. The van der Waals surface area contributed by atoms with Crippen LogP contribution in [0.4, 0.5) is 17.3 Å². The molecule has 0 spiro atoms. The van der Waals surface area contributed by atoms with Gasteiger partial charge in [-0.05, 0) is 6.42 Å². The van der Waals surface area contributed by atoms with Gasteiger partial charge in [0.25, 0.3) is 5.69 Å². The van der Waals surface area contributed by atoms with Crippen molar-refractivity contribution in [1.82, 2.24) is 4.98 Å². The molecule has 2 rings (SSSR count). The molecule has 0 radical (unpaired) electrons. The largest absolute Gasteiger partial charge is 0.383 e. The van der Waals surface area contributed by atoms with Gasteiger partial charge in [-0.25, -0.2) is 4.98 Å². The number of nitrogen functional groups attached to an aromatic ring is 1. The fourth-order valence-corrected chi connectivity index (χ4v) is 1.96. The minimum atomic E-state index is -0.459. The number of hydrogen-bond donors (Lipinski definition) is 1. The monoisotopic (exact) mass is 252 g/mol. The van der Waals surface area contributed by atoms with Crippen LogP contribution in [0.25, 0.3) is 0 Å². The van der Waals surface area contributed by atoms with Gasteiger partial charge in [0.15, 0.2) is 0 Å². The van der Waals surface area contributed by atoms with Gasteiger partial charge in [-0.2, -0.15) is 0 Å². The average Bonchev–Trinajstić information content (AvgIpc) is 2.38. The maximum Gasteiger partial charge on any atom is 0.276 e. The van der Waals surface area contributed by atoms with Crippen LogP contribution in [-0.4, -0.2) is 35.7 Å². The summed E-state index contributed by atoms with van der Waals surface area (Å²) in [4.78, 5) is 16.5. The summed E-state index contributed by atoms with van der Waals surface area (Å²) in [5.74, 6) is 0.710. The number of morpholine rings is 1. The van der Waals surface area contributed by atoms with Gasteiger partial charge >= 0.3 is 0 Å². The van der Waals surface area contributed by atoms with Crippen LogP contribution in [0.5, 0.6) is 0 Å². The van der Waals surface area contributed by atoms with E-state index in [-0.39, 0.29) is 17.6 Å². The average molecular weight is 252 g/mol. The van der Waals surface area contributed by atoms with Gasteiger partial charge in [-0.3, -0.25) is 10.1 Å². The van der Waals surface area contributed by atoms with Crippen LogP contribution in [0.2, 0.25) is 0 Å². The minimum Gasteiger partial charge on any atom is -0.383 e. The van der Waals surface area contributed by atoms with Crippen LogP contribution in [-0.2, 0) is 4.74 Å². The van der Waals surface area contributed by atoms with Crippen LogP contribution in [0.1, 0.15) is 13.3 Å². The number of nitrogens with two attached hydrogens (primary N) is 1. The molecule has 2 heterocycles. The Labute approximate surface area is 105 Å². The number of anilines is 2. The lowest BCUT2D eigenvalue weighted by atomic mass is 10.2. The zero-order chi connectivity index (χ0) is 13.1. The highest BCUT2D eigenvalue weighted by Crippen LogP contribution is 2.23. The third-order valence-electron chi connectivity index (χ3n) is 2.95. The summed E-state index contributed by atoms with van der Waals surface area (Å²) in [6.07, 6.45) is 1.04. The molecule has 1 saturated heterocycles. The smallest absolute Gasteiger partial charge is 0.276 e. The van der Waals surface area contributed by atoms with Crippen molar-refractivity contribution in [3.05, 3.63) is 22.2 Å². The highest BCUT2D eigenvalue weighted by molar-refractivity contribution is 5.54. The summed E-state index contributed by atoms with van der Waals surface area (Å²) >= 11 is 0. The Morgan fingerprint density at radius 3 is 3.11 bits per heavy atom. The number of aromatic nitrogens is 1. The van der Waals surface area contributed by atoms with Gasteiger partial charge in [-0.1, -0.05) is 6.92 Å². The van der Waals surface area contributed by atoms with Gasteiger partial charge < -0.3 is 15.4 Å². The summed E-state index contributed by atoms with van der Waals surface area (Å²) in [6, 6.07) is 2.72. The van der Waals surface area contributed by atoms with Crippen LogP contribution < -0.4 is 10.6 Å². The first kappa shape index (κ1) is 12.6. The highest BCUT2D eigenvalue weighted by atomic mass is 16.6. The van der Waals surface area contributed by atoms with Crippen molar-refractivity contribution >= 4 is 17.3 Å². The van der Waals surface area contributed by atoms with Gasteiger partial charge in [0.1, 0.15) is 11.6 Å². The molecule has 0 amide bonds. The Kier molecular flexibility index (Phi) is 3.61. The lowest BCUT2D eigenvalue weighted by Gasteiger charge is -2.33. The summed E-state index contributed by atoms with van der Waals surface area (Å²) < 4.78 is 5.55. The molecule has 1 atom stereocenters. The number of nitro groups is 1. The van der Waals surface area contributed by atoms with Crippen molar-refractivity contribution in [3.8, 4) is 0 Å². The molecule has 98 valence electrons. The van der Waals surface area contributed by atoms with E-state index in [9.17, 15) is 10.1 Å². The number of pyridine rings is 1. The van der Waals surface area contributed by atoms with Gasteiger partial charge in [0, 0.05) is 13.1 Å². The Morgan fingerprint density at radius 1 is 1.67 bits per heavy atom. The van der Waals surface area contributed by atoms with Crippen molar-refractivity contribution in [2.45, 2.75) is 19.4 Å². The molecule has 1 aromatic rings. The molecule has 1 aliphatic heterocycles. The molecule has 1 aliphatic rings. The van der Waals surface area contributed by atoms with E-state index in [1.165, 1.54) is 12.1 Å². The lowest BCUT2D eigenvalue weighted by molar-refractivity contribution is -0.384. The standard InChI is InChI=1S/C11H16N4O3/c1-2-9-7-14(3-4-18-9)11-6-8(15(16)17)5-10(12)13-11/h5-6,9H,2-4,7H2,1H3,(H2,12,13). The summed E-state index contributed by atoms with van der Waals surface area (Å²) in [5, 5.41) is 10.8. The normalized spacial score (nSPS) is 19.8. The minimum absolute atomic E-state index is 0.0305. The van der Waals surface area contributed by atoms with Crippen molar-refractivity contribution in [2.75, 3.05) is 30.3 Å². The predicted molar refractivity (Wildman–Crippen MR) is 67.5 cm³/mol. The molecule has 0 aliphatic carbocycles. The number of ether oxygens (including phenoxy) is 1. The van der Waals surface area contributed by atoms with Gasteiger partial charge in [-0.15, -0.1) is 0 Å². The van der Waals surface area contributed by atoms with E-state index < -0.39 is 4.92 Å². The SMILES string of the molecule is CCC1CN(c2cc([N+](=O)[O-])cc(N)n2)CCO1. The molecular formula is C11H16N4O3. The van der Waals surface area contributed by atoms with Crippen LogP contribution in [0, 0.1) is 10.1 Å². The van der Waals surface area contributed by atoms with E-state index in [1.54, 1.807) is 0 Å². The molecule has 1 fully saturated rings. The van der Waals surface area contributed by atoms with Gasteiger partial charge in [0.05, 0.1) is 29.8 Å². The first-order chi connectivity index (χ1) is 8.60. The van der Waals surface area contributed by atoms with Crippen LogP contribution >= 0.6 is 0 Å². The molecule has 7 nitrogen and oxygen atoms in total. The fourth-order valence-electron chi connectivity index (χ4n) is 1.96. The Bertz CT molecular complexity index is 452. The Morgan fingerprint density at radius 2 is 2.44 bits per heavy atom. The van der Waals surface area contributed by atoms with Crippen molar-refractivity contribution in [2.24, 2.45) is 0 Å². The first-order valence-corrected chi connectivity index (χ1v) is 5.88. The van der Waals surface area contributed by atoms with E-state index in [0.29, 0.717) is 25.5 Å². The van der Waals surface area contributed by atoms with E-state index in [4.69, 9.17) is 10.5 Å². The zero-order valence-corrected chi connectivity index (χ0v) is 10.2. The third-order valence-corrected chi connectivity index (χ3v) is 2.95. The van der Waals surface area contributed by atoms with Crippen molar-refractivity contribution < 1.29 is 9.66 Å². The lowest BCUT2D eigenvalue weighted by Crippen LogP contribution is -2.42. The van der Waals surface area contributed by atoms with E-state index in [2.05, 4.69) is 4.98 Å². The Balaban J connectivity index is 2.24. The molecule has 2 N–H and O–H groups in total. The molecule has 7 heteroatoms. The quantitative estimate of drug-likeness (QED) is 0.641. The maximum atomic E-state index is 10.8. The number of nitrogens with zero attached hydrogens (tertiary/aromatic N) is 3. The first-order valence-electron chi connectivity index (χ1n) is 5.88. The van der Waals surface area contributed by atoms with Crippen LogP contribution in [0.3, 0.4) is 0 Å².